The Kier molecular flexibility index (Phi) is 4.03. The minimum absolute atomic E-state index is 0.137. The number of aryl methyl sites for hydroxylation is 1. The molecule has 0 bridgehead atoms. The molecule has 0 aliphatic carbocycles. The fourth-order valence-electron chi connectivity index (χ4n) is 2.13. The molecule has 0 fully saturated rings. The first kappa shape index (κ1) is 15.7. The van der Waals surface area contributed by atoms with Crippen molar-refractivity contribution in [2.75, 3.05) is 5.32 Å². The SMILES string of the molecule is Cc1nc2nc(NC(=O)[C@H](C)Oc3ccccc3)[nH]n2c(=O)c1C. The van der Waals surface area contributed by atoms with Crippen LogP contribution in [0.1, 0.15) is 18.2 Å². The van der Waals surface area contributed by atoms with E-state index in [1.165, 1.54) is 4.52 Å². The number of anilines is 1. The quantitative estimate of drug-likeness (QED) is 0.755. The maximum absolute atomic E-state index is 12.2. The predicted molar refractivity (Wildman–Crippen MR) is 88.2 cm³/mol. The Morgan fingerprint density at radius 2 is 1.96 bits per heavy atom. The van der Waals surface area contributed by atoms with Gasteiger partial charge < -0.3 is 4.74 Å². The lowest BCUT2D eigenvalue weighted by Crippen LogP contribution is -2.30. The van der Waals surface area contributed by atoms with Gasteiger partial charge in [-0.15, -0.1) is 0 Å². The largest absolute Gasteiger partial charge is 0.481 e. The van der Waals surface area contributed by atoms with Crippen LogP contribution in [0.4, 0.5) is 5.95 Å². The van der Waals surface area contributed by atoms with Crippen LogP contribution in [0.25, 0.3) is 5.78 Å². The summed E-state index contributed by atoms with van der Waals surface area (Å²) >= 11 is 0. The molecule has 124 valence electrons. The van der Waals surface area contributed by atoms with E-state index >= 15 is 0 Å². The number of nitrogens with one attached hydrogen (secondary N) is 2. The van der Waals surface area contributed by atoms with Crippen molar-refractivity contribution in [2.45, 2.75) is 26.9 Å². The number of nitrogens with zero attached hydrogens (tertiary/aromatic N) is 3. The summed E-state index contributed by atoms with van der Waals surface area (Å²) in [7, 11) is 0. The Morgan fingerprint density at radius 3 is 2.67 bits per heavy atom. The van der Waals surface area contributed by atoms with Crippen molar-refractivity contribution in [3.8, 4) is 5.75 Å². The van der Waals surface area contributed by atoms with Crippen molar-refractivity contribution in [3.63, 3.8) is 0 Å². The molecule has 0 saturated heterocycles. The lowest BCUT2D eigenvalue weighted by molar-refractivity contribution is -0.122. The fraction of sp³-hybridized carbons (Fsp3) is 0.250. The van der Waals surface area contributed by atoms with Crippen LogP contribution in [0.2, 0.25) is 0 Å². The highest BCUT2D eigenvalue weighted by Crippen LogP contribution is 2.12. The molecule has 2 heterocycles. The number of carbonyl (C=O) groups excluding carboxylic acids is 1. The van der Waals surface area contributed by atoms with Gasteiger partial charge in [0.15, 0.2) is 6.10 Å². The summed E-state index contributed by atoms with van der Waals surface area (Å²) in [4.78, 5) is 32.7. The molecular formula is C16H17N5O3. The zero-order valence-electron chi connectivity index (χ0n) is 13.5. The topological polar surface area (TPSA) is 101 Å². The minimum Gasteiger partial charge on any atom is -0.481 e. The van der Waals surface area contributed by atoms with E-state index in [1.807, 2.05) is 18.2 Å². The minimum atomic E-state index is -0.728. The number of para-hydroxylation sites is 1. The molecule has 0 aliphatic rings. The summed E-state index contributed by atoms with van der Waals surface area (Å²) in [5.74, 6) is 0.543. The summed E-state index contributed by atoms with van der Waals surface area (Å²) in [5.41, 5.74) is 0.874. The van der Waals surface area contributed by atoms with Gasteiger partial charge in [0.05, 0.1) is 0 Å². The highest BCUT2D eigenvalue weighted by atomic mass is 16.5. The van der Waals surface area contributed by atoms with Crippen LogP contribution < -0.4 is 15.6 Å². The molecule has 3 aromatic rings. The molecule has 0 saturated carbocycles. The molecule has 0 spiro atoms. The third-order valence-corrected chi connectivity index (χ3v) is 3.63. The second-order valence-electron chi connectivity index (χ2n) is 5.40. The van der Waals surface area contributed by atoms with Gasteiger partial charge in [-0.2, -0.15) is 9.50 Å². The average Bonchev–Trinajstić information content (AvgIpc) is 2.96. The highest BCUT2D eigenvalue weighted by molar-refractivity contribution is 5.92. The van der Waals surface area contributed by atoms with Gasteiger partial charge in [-0.1, -0.05) is 18.2 Å². The molecule has 24 heavy (non-hydrogen) atoms. The molecular weight excluding hydrogens is 310 g/mol. The predicted octanol–water partition coefficient (Wildman–Crippen LogP) is 1.44. The van der Waals surface area contributed by atoms with E-state index in [9.17, 15) is 9.59 Å². The van der Waals surface area contributed by atoms with E-state index in [0.717, 1.165) is 0 Å². The van der Waals surface area contributed by atoms with Crippen LogP contribution in [-0.4, -0.2) is 31.6 Å². The third kappa shape index (κ3) is 2.98. The molecule has 1 aromatic carbocycles. The van der Waals surface area contributed by atoms with Gasteiger partial charge in [-0.3, -0.25) is 20.0 Å². The Hall–Kier alpha value is -3.16. The molecule has 0 aliphatic heterocycles. The van der Waals surface area contributed by atoms with Crippen molar-refractivity contribution in [2.24, 2.45) is 0 Å². The van der Waals surface area contributed by atoms with Gasteiger partial charge in [0, 0.05) is 11.3 Å². The summed E-state index contributed by atoms with van der Waals surface area (Å²) in [6.45, 7) is 5.05. The Bertz CT molecular complexity index is 945. The van der Waals surface area contributed by atoms with Gasteiger partial charge in [-0.05, 0) is 32.9 Å². The number of ether oxygens (including phenoxy) is 1. The molecule has 1 atom stereocenters. The number of hydrogen-bond donors (Lipinski definition) is 2. The van der Waals surface area contributed by atoms with E-state index in [4.69, 9.17) is 4.74 Å². The van der Waals surface area contributed by atoms with Crippen molar-refractivity contribution < 1.29 is 9.53 Å². The monoisotopic (exact) mass is 327 g/mol. The number of H-pyrrole nitrogens is 1. The molecule has 0 radical (unpaired) electrons. The zero-order valence-corrected chi connectivity index (χ0v) is 13.5. The highest BCUT2D eigenvalue weighted by Gasteiger charge is 2.17. The summed E-state index contributed by atoms with van der Waals surface area (Å²) in [5, 5.41) is 5.31. The van der Waals surface area contributed by atoms with Gasteiger partial charge in [0.2, 0.25) is 5.95 Å². The van der Waals surface area contributed by atoms with E-state index in [1.54, 1.807) is 32.9 Å². The zero-order chi connectivity index (χ0) is 17.3. The smallest absolute Gasteiger partial charge is 0.277 e. The van der Waals surface area contributed by atoms with Gasteiger partial charge in [-0.25, -0.2) is 4.98 Å². The molecule has 2 aromatic heterocycles. The second-order valence-corrected chi connectivity index (χ2v) is 5.40. The number of aromatic nitrogens is 4. The standard InChI is InChI=1S/C16H17N5O3/c1-9-10(2)17-16-19-15(20-21(16)14(9)23)18-13(22)11(3)24-12-7-5-4-6-8-12/h4-8,11H,1-3H3,(H2,17,18,19,20,22)/t11-/m0/s1. The number of hydrogen-bond acceptors (Lipinski definition) is 5. The van der Waals surface area contributed by atoms with Crippen LogP contribution in [0.15, 0.2) is 35.1 Å². The number of amides is 1. The van der Waals surface area contributed by atoms with Crippen molar-refractivity contribution in [3.05, 3.63) is 51.9 Å². The lowest BCUT2D eigenvalue weighted by atomic mass is 10.3. The molecule has 2 N–H and O–H groups in total. The second kappa shape index (κ2) is 6.15. The molecule has 8 nitrogen and oxygen atoms in total. The molecule has 8 heteroatoms. The van der Waals surface area contributed by atoms with E-state index in [-0.39, 0.29) is 23.2 Å². The van der Waals surface area contributed by atoms with Crippen LogP contribution in [-0.2, 0) is 4.79 Å². The van der Waals surface area contributed by atoms with Gasteiger partial charge in [0.1, 0.15) is 5.75 Å². The fourth-order valence-corrected chi connectivity index (χ4v) is 2.13. The summed E-state index contributed by atoms with van der Waals surface area (Å²) < 4.78 is 6.74. The first-order chi connectivity index (χ1) is 11.5. The van der Waals surface area contributed by atoms with Crippen LogP contribution >= 0.6 is 0 Å². The Labute approximate surface area is 137 Å². The van der Waals surface area contributed by atoms with Crippen molar-refractivity contribution in [1.29, 1.82) is 0 Å². The Balaban J connectivity index is 1.78. The third-order valence-electron chi connectivity index (χ3n) is 3.63. The molecule has 0 unspecified atom stereocenters. The van der Waals surface area contributed by atoms with Gasteiger partial charge in [0.25, 0.3) is 17.2 Å². The van der Waals surface area contributed by atoms with Crippen LogP contribution in [0, 0.1) is 13.8 Å². The number of aromatic amines is 1. The first-order valence-corrected chi connectivity index (χ1v) is 7.44. The molecule has 1 amide bonds. The van der Waals surface area contributed by atoms with E-state index in [2.05, 4.69) is 20.4 Å². The maximum Gasteiger partial charge on any atom is 0.277 e. The van der Waals surface area contributed by atoms with Crippen LogP contribution in [0.5, 0.6) is 5.75 Å². The first-order valence-electron chi connectivity index (χ1n) is 7.44. The number of rotatable bonds is 4. The average molecular weight is 327 g/mol. The normalized spacial score (nSPS) is 12.1. The molecule has 3 rings (SSSR count). The summed E-state index contributed by atoms with van der Waals surface area (Å²) in [6, 6.07) is 9.03. The number of carbonyl (C=O) groups is 1. The number of benzene rings is 1. The maximum atomic E-state index is 12.2. The van der Waals surface area contributed by atoms with Crippen LogP contribution in [0.3, 0.4) is 0 Å². The van der Waals surface area contributed by atoms with Gasteiger partial charge >= 0.3 is 0 Å². The lowest BCUT2D eigenvalue weighted by Gasteiger charge is -2.13. The Morgan fingerprint density at radius 1 is 1.25 bits per heavy atom. The van der Waals surface area contributed by atoms with Crippen molar-refractivity contribution >= 4 is 17.6 Å². The number of fused-ring (bicyclic) bond motifs is 1. The summed E-state index contributed by atoms with van der Waals surface area (Å²) in [6.07, 6.45) is -0.728. The van der Waals surface area contributed by atoms with Crippen molar-refractivity contribution in [1.82, 2.24) is 19.6 Å². The van der Waals surface area contributed by atoms with E-state index in [0.29, 0.717) is 17.0 Å². The van der Waals surface area contributed by atoms with E-state index < -0.39 is 6.10 Å².